The summed E-state index contributed by atoms with van der Waals surface area (Å²) in [5, 5.41) is 0. The molecule has 0 aromatic heterocycles. The van der Waals surface area contributed by atoms with Gasteiger partial charge in [0.1, 0.15) is 5.75 Å². The van der Waals surface area contributed by atoms with E-state index >= 15 is 0 Å². The highest BCUT2D eigenvalue weighted by Crippen LogP contribution is 2.31. The van der Waals surface area contributed by atoms with Crippen molar-refractivity contribution in [1.82, 2.24) is 0 Å². The third-order valence-corrected chi connectivity index (χ3v) is 2.84. The van der Waals surface area contributed by atoms with Crippen molar-refractivity contribution in [1.29, 1.82) is 0 Å². The Morgan fingerprint density at radius 3 is 2.72 bits per heavy atom. The smallest absolute Gasteiger partial charge is 0.127 e. The van der Waals surface area contributed by atoms with E-state index in [2.05, 4.69) is 37.9 Å². The quantitative estimate of drug-likeness (QED) is 0.713. The minimum Gasteiger partial charge on any atom is -0.490 e. The minimum atomic E-state index is 0.340. The van der Waals surface area contributed by atoms with Crippen LogP contribution in [-0.4, -0.2) is 18.4 Å². The summed E-state index contributed by atoms with van der Waals surface area (Å²) in [6.07, 6.45) is 6.74. The summed E-state index contributed by atoms with van der Waals surface area (Å²) in [5.41, 5.74) is 2.36. The van der Waals surface area contributed by atoms with Crippen molar-refractivity contribution in [3.05, 3.63) is 35.9 Å². The van der Waals surface area contributed by atoms with E-state index in [0.717, 1.165) is 5.75 Å². The molecule has 0 radical (unpaired) electrons. The van der Waals surface area contributed by atoms with Gasteiger partial charge in [0.05, 0.1) is 6.10 Å². The number of rotatable bonds is 5. The highest BCUT2D eigenvalue weighted by atomic mass is 16.5. The summed E-state index contributed by atoms with van der Waals surface area (Å²) in [7, 11) is 0. The molecule has 2 heteroatoms. The molecule has 0 amide bonds. The van der Waals surface area contributed by atoms with Crippen molar-refractivity contribution in [2.24, 2.45) is 4.99 Å². The average molecular weight is 243 g/mol. The van der Waals surface area contributed by atoms with Gasteiger partial charge in [0.2, 0.25) is 0 Å². The zero-order valence-corrected chi connectivity index (χ0v) is 11.4. The van der Waals surface area contributed by atoms with Gasteiger partial charge in [-0.25, -0.2) is 0 Å². The van der Waals surface area contributed by atoms with E-state index in [-0.39, 0.29) is 0 Å². The first-order valence-electron chi connectivity index (χ1n) is 6.63. The van der Waals surface area contributed by atoms with Crippen molar-refractivity contribution in [3.8, 4) is 5.75 Å². The standard InChI is InChI=1S/C16H21NO/c1-12(2)17-11-10-13(3)15-6-4-5-7-16(15)18-14-8-9-14/h4-7,10-12,14H,8-9H2,1-3H3/b13-10+,17-11?. The topological polar surface area (TPSA) is 21.6 Å². The lowest BCUT2D eigenvalue weighted by atomic mass is 10.1. The maximum atomic E-state index is 5.92. The Bertz CT molecular complexity index is 456. The average Bonchev–Trinajstić information content (AvgIpc) is 3.13. The number of ether oxygens (including phenoxy) is 1. The van der Waals surface area contributed by atoms with Crippen molar-refractivity contribution < 1.29 is 4.74 Å². The second-order valence-electron chi connectivity index (χ2n) is 5.05. The molecule has 0 spiro atoms. The lowest BCUT2D eigenvalue weighted by molar-refractivity contribution is 0.302. The molecular formula is C16H21NO. The van der Waals surface area contributed by atoms with Crippen LogP contribution in [0.3, 0.4) is 0 Å². The lowest BCUT2D eigenvalue weighted by Crippen LogP contribution is -1.98. The van der Waals surface area contributed by atoms with Crippen LogP contribution in [0.1, 0.15) is 39.2 Å². The number of hydrogen-bond acceptors (Lipinski definition) is 2. The number of para-hydroxylation sites is 1. The first-order valence-corrected chi connectivity index (χ1v) is 6.63. The van der Waals surface area contributed by atoms with E-state index in [1.165, 1.54) is 24.0 Å². The van der Waals surface area contributed by atoms with Crippen LogP contribution in [0.25, 0.3) is 5.57 Å². The van der Waals surface area contributed by atoms with Crippen molar-refractivity contribution in [3.63, 3.8) is 0 Å². The van der Waals surface area contributed by atoms with Gasteiger partial charge in [0.25, 0.3) is 0 Å². The van der Waals surface area contributed by atoms with Crippen LogP contribution >= 0.6 is 0 Å². The molecule has 96 valence electrons. The molecular weight excluding hydrogens is 222 g/mol. The number of aliphatic imine (C=N–C) groups is 1. The highest BCUT2D eigenvalue weighted by molar-refractivity contribution is 5.85. The summed E-state index contributed by atoms with van der Waals surface area (Å²) in [4.78, 5) is 4.35. The highest BCUT2D eigenvalue weighted by Gasteiger charge is 2.24. The molecule has 0 saturated heterocycles. The van der Waals surface area contributed by atoms with Gasteiger partial charge in [0.15, 0.2) is 0 Å². The second kappa shape index (κ2) is 5.85. The molecule has 18 heavy (non-hydrogen) atoms. The van der Waals surface area contributed by atoms with Gasteiger partial charge in [-0.15, -0.1) is 0 Å². The zero-order chi connectivity index (χ0) is 13.0. The van der Waals surface area contributed by atoms with Crippen LogP contribution in [0, 0.1) is 0 Å². The van der Waals surface area contributed by atoms with Gasteiger partial charge in [0, 0.05) is 17.8 Å². The van der Waals surface area contributed by atoms with Crippen molar-refractivity contribution in [2.45, 2.75) is 45.8 Å². The van der Waals surface area contributed by atoms with Gasteiger partial charge in [-0.1, -0.05) is 18.2 Å². The molecule has 0 atom stereocenters. The molecule has 1 aliphatic carbocycles. The molecule has 0 N–H and O–H groups in total. The number of allylic oxidation sites excluding steroid dienone is 2. The normalized spacial score (nSPS) is 16.6. The Kier molecular flexibility index (Phi) is 4.19. The maximum Gasteiger partial charge on any atom is 0.127 e. The number of hydrogen-bond donors (Lipinski definition) is 0. The SMILES string of the molecule is C/C(=C\C=NC(C)C)c1ccccc1OC1CC1. The predicted molar refractivity (Wildman–Crippen MR) is 77.4 cm³/mol. The van der Waals surface area contributed by atoms with Crippen LogP contribution in [0.15, 0.2) is 35.3 Å². The summed E-state index contributed by atoms with van der Waals surface area (Å²) in [6.45, 7) is 6.25. The minimum absolute atomic E-state index is 0.340. The van der Waals surface area contributed by atoms with E-state index in [1.54, 1.807) is 0 Å². The third kappa shape index (κ3) is 3.73. The zero-order valence-electron chi connectivity index (χ0n) is 11.4. The summed E-state index contributed by atoms with van der Waals surface area (Å²) >= 11 is 0. The Labute approximate surface area is 109 Å². The molecule has 1 saturated carbocycles. The second-order valence-corrected chi connectivity index (χ2v) is 5.05. The van der Waals surface area contributed by atoms with Crippen LogP contribution in [0.5, 0.6) is 5.75 Å². The van der Waals surface area contributed by atoms with Gasteiger partial charge in [-0.3, -0.25) is 4.99 Å². The van der Waals surface area contributed by atoms with Gasteiger partial charge >= 0.3 is 0 Å². The van der Waals surface area contributed by atoms with Gasteiger partial charge < -0.3 is 4.74 Å². The van der Waals surface area contributed by atoms with Crippen molar-refractivity contribution >= 4 is 11.8 Å². The molecule has 1 aromatic rings. The lowest BCUT2D eigenvalue weighted by Gasteiger charge is -2.10. The third-order valence-electron chi connectivity index (χ3n) is 2.84. The Hall–Kier alpha value is -1.57. The first-order chi connectivity index (χ1) is 8.66. The fourth-order valence-electron chi connectivity index (χ4n) is 1.68. The summed E-state index contributed by atoms with van der Waals surface area (Å²) in [5.74, 6) is 0.992. The molecule has 0 bridgehead atoms. The van der Waals surface area contributed by atoms with E-state index in [9.17, 15) is 0 Å². The monoisotopic (exact) mass is 243 g/mol. The Morgan fingerprint density at radius 2 is 2.06 bits per heavy atom. The molecule has 0 aliphatic heterocycles. The van der Waals surface area contributed by atoms with Crippen LogP contribution in [0.2, 0.25) is 0 Å². The van der Waals surface area contributed by atoms with E-state index < -0.39 is 0 Å². The van der Waals surface area contributed by atoms with Gasteiger partial charge in [-0.2, -0.15) is 0 Å². The maximum absolute atomic E-state index is 5.92. The van der Waals surface area contributed by atoms with Gasteiger partial charge in [-0.05, 0) is 51.3 Å². The molecule has 0 heterocycles. The molecule has 1 aliphatic rings. The van der Waals surface area contributed by atoms with Crippen LogP contribution < -0.4 is 4.74 Å². The molecule has 0 unspecified atom stereocenters. The molecule has 1 fully saturated rings. The Morgan fingerprint density at radius 1 is 1.33 bits per heavy atom. The van der Waals surface area contributed by atoms with Crippen molar-refractivity contribution in [2.75, 3.05) is 0 Å². The fraction of sp³-hybridized carbons (Fsp3) is 0.438. The fourth-order valence-corrected chi connectivity index (χ4v) is 1.68. The van der Waals surface area contributed by atoms with Crippen LogP contribution in [-0.2, 0) is 0 Å². The van der Waals surface area contributed by atoms with E-state index in [4.69, 9.17) is 4.74 Å². The number of benzene rings is 1. The Balaban J connectivity index is 2.15. The predicted octanol–water partition coefficient (Wildman–Crippen LogP) is 4.11. The molecule has 2 nitrogen and oxygen atoms in total. The van der Waals surface area contributed by atoms with Crippen LogP contribution in [0.4, 0.5) is 0 Å². The summed E-state index contributed by atoms with van der Waals surface area (Å²) < 4.78 is 5.92. The summed E-state index contributed by atoms with van der Waals surface area (Å²) in [6, 6.07) is 8.56. The molecule has 1 aromatic carbocycles. The first kappa shape index (κ1) is 12.9. The van der Waals surface area contributed by atoms with E-state index in [1.807, 2.05) is 24.4 Å². The van der Waals surface area contributed by atoms with E-state index in [0.29, 0.717) is 12.1 Å². The number of nitrogens with zero attached hydrogens (tertiary/aromatic N) is 1. The largest absolute Gasteiger partial charge is 0.490 e. The molecule has 2 rings (SSSR count).